The van der Waals surface area contributed by atoms with Gasteiger partial charge in [0.2, 0.25) is 5.91 Å². The maximum absolute atomic E-state index is 11.4. The van der Waals surface area contributed by atoms with Crippen LogP contribution in [-0.2, 0) is 4.79 Å². The quantitative estimate of drug-likeness (QED) is 0.520. The monoisotopic (exact) mass is 268 g/mol. The van der Waals surface area contributed by atoms with Gasteiger partial charge in [0.15, 0.2) is 5.16 Å². The molecule has 0 radical (unpaired) electrons. The number of carbonyl (C=O) groups excluding carboxylic acids is 2. The highest BCUT2D eigenvalue weighted by atomic mass is 32.2. The predicted octanol–water partition coefficient (Wildman–Crippen LogP) is -0.150. The van der Waals surface area contributed by atoms with E-state index in [0.717, 1.165) is 24.6 Å². The first-order chi connectivity index (χ1) is 8.63. The Kier molecular flexibility index (Phi) is 3.98. The van der Waals surface area contributed by atoms with Crippen molar-refractivity contribution in [1.29, 1.82) is 0 Å². The van der Waals surface area contributed by atoms with Gasteiger partial charge in [-0.2, -0.15) is 0 Å². The number of hydrogen-bond donors (Lipinski definition) is 3. The topological polar surface area (TPSA) is 104 Å². The highest BCUT2D eigenvalue weighted by molar-refractivity contribution is 7.99. The number of H-pyrrole nitrogens is 1. The fraction of sp³-hybridized carbons (Fsp3) is 0.400. The Bertz CT molecular complexity index is 512. The van der Waals surface area contributed by atoms with Gasteiger partial charge in [-0.05, 0) is 12.8 Å². The second kappa shape index (κ2) is 5.67. The van der Waals surface area contributed by atoms with Crippen LogP contribution in [0.2, 0.25) is 0 Å². The molecule has 0 unspecified atom stereocenters. The molecule has 0 atom stereocenters. The van der Waals surface area contributed by atoms with Crippen molar-refractivity contribution >= 4 is 23.7 Å². The van der Waals surface area contributed by atoms with Gasteiger partial charge in [0.25, 0.3) is 5.56 Å². The number of thioether (sulfide) groups is 1. The standard InChI is InChI=1S/C10H12N4O3S/c15-7-3-4-11-10(14-7)18-5-8(16)13-9(17)12-6-1-2-6/h3-4,6H,1-2,5H2,(H,11,14,15)(H2,12,13,16,17). The Morgan fingerprint density at radius 1 is 1.50 bits per heavy atom. The second-order valence-corrected chi connectivity index (χ2v) is 4.79. The number of urea groups is 1. The van der Waals surface area contributed by atoms with Gasteiger partial charge in [0.05, 0.1) is 5.75 Å². The first-order valence-electron chi connectivity index (χ1n) is 5.42. The summed E-state index contributed by atoms with van der Waals surface area (Å²) in [7, 11) is 0. The SMILES string of the molecule is O=C(CSc1nccc(=O)[nH]1)NC(=O)NC1CC1. The van der Waals surface area contributed by atoms with Crippen LogP contribution in [0, 0.1) is 0 Å². The van der Waals surface area contributed by atoms with Crippen LogP contribution in [0.1, 0.15) is 12.8 Å². The lowest BCUT2D eigenvalue weighted by Crippen LogP contribution is -2.41. The van der Waals surface area contributed by atoms with Crippen molar-refractivity contribution in [2.45, 2.75) is 24.0 Å². The van der Waals surface area contributed by atoms with E-state index in [-0.39, 0.29) is 17.4 Å². The van der Waals surface area contributed by atoms with Crippen LogP contribution < -0.4 is 16.2 Å². The van der Waals surface area contributed by atoms with Crippen molar-refractivity contribution in [1.82, 2.24) is 20.6 Å². The molecule has 96 valence electrons. The van der Waals surface area contributed by atoms with Crippen molar-refractivity contribution in [3.05, 3.63) is 22.6 Å². The third-order valence-electron chi connectivity index (χ3n) is 2.15. The summed E-state index contributed by atoms with van der Waals surface area (Å²) in [5, 5.41) is 5.19. The predicted molar refractivity (Wildman–Crippen MR) is 65.3 cm³/mol. The van der Waals surface area contributed by atoms with Crippen LogP contribution in [0.5, 0.6) is 0 Å². The number of aromatic amines is 1. The highest BCUT2D eigenvalue weighted by Gasteiger charge is 2.23. The molecule has 0 aromatic carbocycles. The molecule has 8 heteroatoms. The molecular weight excluding hydrogens is 256 g/mol. The zero-order valence-electron chi connectivity index (χ0n) is 9.43. The van der Waals surface area contributed by atoms with E-state index >= 15 is 0 Å². The Hall–Kier alpha value is -1.83. The Labute approximate surface area is 107 Å². The van der Waals surface area contributed by atoms with Crippen LogP contribution in [-0.4, -0.2) is 33.7 Å². The largest absolute Gasteiger partial charge is 0.335 e. The van der Waals surface area contributed by atoms with Crippen LogP contribution in [0.4, 0.5) is 4.79 Å². The molecule has 0 saturated heterocycles. The van der Waals surface area contributed by atoms with E-state index in [1.165, 1.54) is 12.3 Å². The molecule has 18 heavy (non-hydrogen) atoms. The molecule has 0 aliphatic heterocycles. The minimum Gasteiger partial charge on any atom is -0.335 e. The maximum Gasteiger partial charge on any atom is 0.321 e. The van der Waals surface area contributed by atoms with Crippen LogP contribution in [0.3, 0.4) is 0 Å². The zero-order valence-corrected chi connectivity index (χ0v) is 10.3. The lowest BCUT2D eigenvalue weighted by Gasteiger charge is -2.04. The fourth-order valence-corrected chi connectivity index (χ4v) is 1.82. The lowest BCUT2D eigenvalue weighted by atomic mass is 10.6. The van der Waals surface area contributed by atoms with E-state index in [4.69, 9.17) is 0 Å². The van der Waals surface area contributed by atoms with E-state index in [0.29, 0.717) is 5.16 Å². The van der Waals surface area contributed by atoms with Crippen molar-refractivity contribution in [3.63, 3.8) is 0 Å². The first kappa shape index (κ1) is 12.6. The van der Waals surface area contributed by atoms with Crippen molar-refractivity contribution in [2.24, 2.45) is 0 Å². The molecule has 1 aliphatic rings. The van der Waals surface area contributed by atoms with E-state index in [1.54, 1.807) is 0 Å². The Morgan fingerprint density at radius 3 is 2.94 bits per heavy atom. The first-order valence-corrected chi connectivity index (χ1v) is 6.40. The molecule has 1 aromatic heterocycles. The average molecular weight is 268 g/mol. The number of imide groups is 1. The summed E-state index contributed by atoms with van der Waals surface area (Å²) in [6.45, 7) is 0. The number of carbonyl (C=O) groups is 2. The van der Waals surface area contributed by atoms with Gasteiger partial charge in [-0.3, -0.25) is 14.9 Å². The minimum absolute atomic E-state index is 0.0189. The van der Waals surface area contributed by atoms with E-state index < -0.39 is 11.9 Å². The summed E-state index contributed by atoms with van der Waals surface area (Å²) in [4.78, 5) is 40.0. The minimum atomic E-state index is -0.474. The molecule has 7 nitrogen and oxygen atoms in total. The normalized spacial score (nSPS) is 14.0. The van der Waals surface area contributed by atoms with E-state index in [2.05, 4.69) is 20.6 Å². The lowest BCUT2D eigenvalue weighted by molar-refractivity contribution is -0.117. The van der Waals surface area contributed by atoms with Gasteiger partial charge in [0, 0.05) is 18.3 Å². The Morgan fingerprint density at radius 2 is 2.28 bits per heavy atom. The summed E-state index contributed by atoms with van der Waals surface area (Å²) in [6.07, 6.45) is 3.29. The molecule has 1 aromatic rings. The van der Waals surface area contributed by atoms with Gasteiger partial charge in [-0.25, -0.2) is 9.78 Å². The molecule has 0 spiro atoms. The van der Waals surface area contributed by atoms with Crippen molar-refractivity contribution in [3.8, 4) is 0 Å². The van der Waals surface area contributed by atoms with E-state index in [9.17, 15) is 14.4 Å². The van der Waals surface area contributed by atoms with Crippen LogP contribution >= 0.6 is 11.8 Å². The summed E-state index contributed by atoms with van der Waals surface area (Å²) in [6, 6.07) is 1.02. The van der Waals surface area contributed by atoms with Crippen molar-refractivity contribution in [2.75, 3.05) is 5.75 Å². The van der Waals surface area contributed by atoms with Gasteiger partial charge in [-0.1, -0.05) is 11.8 Å². The fourth-order valence-electron chi connectivity index (χ4n) is 1.17. The Balaban J connectivity index is 1.73. The van der Waals surface area contributed by atoms with Crippen LogP contribution in [0.15, 0.2) is 22.2 Å². The zero-order chi connectivity index (χ0) is 13.0. The van der Waals surface area contributed by atoms with Gasteiger partial charge < -0.3 is 10.3 Å². The molecule has 0 bridgehead atoms. The summed E-state index contributed by atoms with van der Waals surface area (Å²) in [5.41, 5.74) is -0.278. The van der Waals surface area contributed by atoms with Gasteiger partial charge in [-0.15, -0.1) is 0 Å². The average Bonchev–Trinajstić information content (AvgIpc) is 3.10. The molecule has 1 aliphatic carbocycles. The number of nitrogens with one attached hydrogen (secondary N) is 3. The molecule has 1 fully saturated rings. The summed E-state index contributed by atoms with van der Waals surface area (Å²) in [5.74, 6) is -0.407. The number of amides is 3. The smallest absolute Gasteiger partial charge is 0.321 e. The molecule has 2 rings (SSSR count). The van der Waals surface area contributed by atoms with E-state index in [1.807, 2.05) is 0 Å². The summed E-state index contributed by atoms with van der Waals surface area (Å²) < 4.78 is 0. The van der Waals surface area contributed by atoms with Gasteiger partial charge in [0.1, 0.15) is 0 Å². The number of aromatic nitrogens is 2. The third-order valence-corrected chi connectivity index (χ3v) is 3.04. The highest BCUT2D eigenvalue weighted by Crippen LogP contribution is 2.18. The third kappa shape index (κ3) is 4.21. The molecule has 1 heterocycles. The second-order valence-electron chi connectivity index (χ2n) is 3.82. The number of nitrogens with zero attached hydrogens (tertiary/aromatic N) is 1. The molecule has 3 amide bonds. The van der Waals surface area contributed by atoms with Crippen LogP contribution in [0.25, 0.3) is 0 Å². The van der Waals surface area contributed by atoms with Crippen molar-refractivity contribution < 1.29 is 9.59 Å². The molecular formula is C10H12N4O3S. The maximum atomic E-state index is 11.4. The number of hydrogen-bond acceptors (Lipinski definition) is 5. The van der Waals surface area contributed by atoms with Gasteiger partial charge >= 0.3 is 6.03 Å². The molecule has 3 N–H and O–H groups in total. The summed E-state index contributed by atoms with van der Waals surface area (Å²) >= 11 is 1.06. The molecule has 1 saturated carbocycles. The number of rotatable bonds is 4.